The number of nitrogens with two attached hydrogens (primary N) is 1. The van der Waals surface area contributed by atoms with Crippen LogP contribution in [0.1, 0.15) is 27.3 Å². The van der Waals surface area contributed by atoms with Crippen LogP contribution in [0.3, 0.4) is 0 Å². The largest absolute Gasteiger partial charge is 0.365 e. The molecule has 0 aliphatic rings. The van der Waals surface area contributed by atoms with Crippen molar-refractivity contribution in [2.75, 3.05) is 6.54 Å². The molecular weight excluding hydrogens is 344 g/mol. The zero-order valence-corrected chi connectivity index (χ0v) is 14.5. The van der Waals surface area contributed by atoms with Gasteiger partial charge in [0.15, 0.2) is 5.65 Å². The van der Waals surface area contributed by atoms with Gasteiger partial charge in [0.25, 0.3) is 11.8 Å². The third kappa shape index (κ3) is 3.12. The summed E-state index contributed by atoms with van der Waals surface area (Å²) in [6.45, 7) is 1.31. The van der Waals surface area contributed by atoms with Crippen molar-refractivity contribution < 1.29 is 9.59 Å². The van der Waals surface area contributed by atoms with Gasteiger partial charge in [-0.15, -0.1) is 0 Å². The Hall–Kier alpha value is -3.68. The second kappa shape index (κ2) is 6.91. The van der Waals surface area contributed by atoms with Gasteiger partial charge in [-0.05, 0) is 30.0 Å². The maximum atomic E-state index is 12.5. The maximum absolute atomic E-state index is 12.5. The lowest BCUT2D eigenvalue weighted by Gasteiger charge is -2.08. The molecule has 4 rings (SSSR count). The Bertz CT molecular complexity index is 1140. The fourth-order valence-electron chi connectivity index (χ4n) is 3.11. The Balaban J connectivity index is 1.41. The van der Waals surface area contributed by atoms with E-state index in [0.29, 0.717) is 12.2 Å². The number of amides is 2. The standard InChI is InChI=1S/C19H18N6O2/c20-17(26)14-12-23-25-16(6-9-21-18(14)25)19(27)22-8-3-10-24-11-7-13-4-1-2-5-15(13)24/h1-2,4-7,9,11-12H,3,8,10H2,(H2,20,26)(H,22,27). The molecule has 0 saturated heterocycles. The molecule has 8 heteroatoms. The van der Waals surface area contributed by atoms with E-state index in [2.05, 4.69) is 38.2 Å². The summed E-state index contributed by atoms with van der Waals surface area (Å²) in [5, 5.41) is 8.13. The van der Waals surface area contributed by atoms with Crippen LogP contribution >= 0.6 is 0 Å². The van der Waals surface area contributed by atoms with Crippen LogP contribution in [0.25, 0.3) is 16.6 Å². The molecule has 0 saturated carbocycles. The zero-order chi connectivity index (χ0) is 18.8. The van der Waals surface area contributed by atoms with Gasteiger partial charge in [-0.25, -0.2) is 9.50 Å². The minimum Gasteiger partial charge on any atom is -0.365 e. The number of rotatable bonds is 6. The van der Waals surface area contributed by atoms with Gasteiger partial charge in [0, 0.05) is 31.0 Å². The van der Waals surface area contributed by atoms with Crippen molar-refractivity contribution in [3.05, 3.63) is 66.2 Å². The fourth-order valence-corrected chi connectivity index (χ4v) is 3.11. The van der Waals surface area contributed by atoms with E-state index in [0.717, 1.165) is 13.0 Å². The molecule has 2 amide bonds. The van der Waals surface area contributed by atoms with Crippen molar-refractivity contribution in [1.29, 1.82) is 0 Å². The average Bonchev–Trinajstić information content (AvgIpc) is 3.29. The molecule has 1 aromatic carbocycles. The SMILES string of the molecule is NC(=O)c1cnn2c(C(=O)NCCCn3ccc4ccccc43)ccnc12. The first-order valence-electron chi connectivity index (χ1n) is 8.60. The minimum atomic E-state index is -0.631. The summed E-state index contributed by atoms with van der Waals surface area (Å²) in [7, 11) is 0. The van der Waals surface area contributed by atoms with Crippen LogP contribution in [0.2, 0.25) is 0 Å². The summed E-state index contributed by atoms with van der Waals surface area (Å²) in [4.78, 5) is 28.0. The van der Waals surface area contributed by atoms with Crippen molar-refractivity contribution in [1.82, 2.24) is 24.5 Å². The third-order valence-electron chi connectivity index (χ3n) is 4.44. The lowest BCUT2D eigenvalue weighted by atomic mass is 10.2. The van der Waals surface area contributed by atoms with E-state index in [1.54, 1.807) is 6.07 Å². The summed E-state index contributed by atoms with van der Waals surface area (Å²) in [6, 6.07) is 11.8. The molecule has 4 aromatic rings. The molecule has 0 fully saturated rings. The molecule has 0 aliphatic heterocycles. The van der Waals surface area contributed by atoms with Gasteiger partial charge < -0.3 is 15.6 Å². The molecule has 27 heavy (non-hydrogen) atoms. The Morgan fingerprint density at radius 1 is 1.15 bits per heavy atom. The molecule has 0 radical (unpaired) electrons. The Labute approximate surface area is 154 Å². The Morgan fingerprint density at radius 3 is 2.85 bits per heavy atom. The highest BCUT2D eigenvalue weighted by atomic mass is 16.2. The van der Waals surface area contributed by atoms with Gasteiger partial charge in [-0.2, -0.15) is 5.10 Å². The van der Waals surface area contributed by atoms with Gasteiger partial charge in [0.1, 0.15) is 11.3 Å². The summed E-state index contributed by atoms with van der Waals surface area (Å²) in [5.41, 5.74) is 7.24. The number of nitrogens with zero attached hydrogens (tertiary/aromatic N) is 4. The Kier molecular flexibility index (Phi) is 4.29. The highest BCUT2D eigenvalue weighted by Gasteiger charge is 2.16. The molecule has 0 aliphatic carbocycles. The van der Waals surface area contributed by atoms with E-state index >= 15 is 0 Å². The van der Waals surface area contributed by atoms with Crippen molar-refractivity contribution in [3.8, 4) is 0 Å². The lowest BCUT2D eigenvalue weighted by molar-refractivity contribution is 0.0943. The molecule has 0 spiro atoms. The molecule has 0 atom stereocenters. The second-order valence-electron chi connectivity index (χ2n) is 6.17. The number of nitrogens with one attached hydrogen (secondary N) is 1. The number of carbonyl (C=O) groups excluding carboxylic acids is 2. The second-order valence-corrected chi connectivity index (χ2v) is 6.17. The highest BCUT2D eigenvalue weighted by molar-refractivity contribution is 5.99. The first kappa shape index (κ1) is 16.8. The van der Waals surface area contributed by atoms with E-state index in [9.17, 15) is 9.59 Å². The quantitative estimate of drug-likeness (QED) is 0.508. The van der Waals surface area contributed by atoms with E-state index in [4.69, 9.17) is 5.73 Å². The van der Waals surface area contributed by atoms with Crippen LogP contribution in [0.5, 0.6) is 0 Å². The van der Waals surface area contributed by atoms with Crippen molar-refractivity contribution >= 4 is 28.4 Å². The molecule has 3 aromatic heterocycles. The number of fused-ring (bicyclic) bond motifs is 2. The number of benzene rings is 1. The lowest BCUT2D eigenvalue weighted by Crippen LogP contribution is -2.27. The van der Waals surface area contributed by atoms with Gasteiger partial charge in [-0.1, -0.05) is 18.2 Å². The van der Waals surface area contributed by atoms with Gasteiger partial charge in [-0.3, -0.25) is 9.59 Å². The van der Waals surface area contributed by atoms with Crippen LogP contribution in [-0.4, -0.2) is 37.5 Å². The highest BCUT2D eigenvalue weighted by Crippen LogP contribution is 2.15. The number of hydrogen-bond acceptors (Lipinski definition) is 4. The predicted octanol–water partition coefficient (Wildman–Crippen LogP) is 1.60. The normalized spacial score (nSPS) is 11.1. The number of primary amides is 1. The zero-order valence-electron chi connectivity index (χ0n) is 14.5. The van der Waals surface area contributed by atoms with Gasteiger partial charge in [0.2, 0.25) is 0 Å². The molecule has 0 unspecified atom stereocenters. The topological polar surface area (TPSA) is 107 Å². The molecule has 136 valence electrons. The number of para-hydroxylation sites is 1. The maximum Gasteiger partial charge on any atom is 0.270 e. The van der Waals surface area contributed by atoms with Crippen molar-refractivity contribution in [2.24, 2.45) is 5.73 Å². The van der Waals surface area contributed by atoms with Crippen LogP contribution in [0, 0.1) is 0 Å². The van der Waals surface area contributed by atoms with Crippen LogP contribution in [0.4, 0.5) is 0 Å². The summed E-state index contributed by atoms with van der Waals surface area (Å²) >= 11 is 0. The smallest absolute Gasteiger partial charge is 0.270 e. The van der Waals surface area contributed by atoms with E-state index in [-0.39, 0.29) is 17.1 Å². The van der Waals surface area contributed by atoms with Gasteiger partial charge >= 0.3 is 0 Å². The average molecular weight is 362 g/mol. The van der Waals surface area contributed by atoms with Crippen LogP contribution < -0.4 is 11.1 Å². The third-order valence-corrected chi connectivity index (χ3v) is 4.44. The van der Waals surface area contributed by atoms with E-state index < -0.39 is 5.91 Å². The number of hydrogen-bond donors (Lipinski definition) is 2. The van der Waals surface area contributed by atoms with Crippen LogP contribution in [-0.2, 0) is 6.54 Å². The minimum absolute atomic E-state index is 0.184. The number of carbonyl (C=O) groups is 2. The molecule has 3 N–H and O–H groups in total. The van der Waals surface area contributed by atoms with Crippen molar-refractivity contribution in [3.63, 3.8) is 0 Å². The Morgan fingerprint density at radius 2 is 2.00 bits per heavy atom. The monoisotopic (exact) mass is 362 g/mol. The van der Waals surface area contributed by atoms with Crippen molar-refractivity contribution in [2.45, 2.75) is 13.0 Å². The first-order valence-corrected chi connectivity index (χ1v) is 8.60. The summed E-state index contributed by atoms with van der Waals surface area (Å²) < 4.78 is 3.49. The molecule has 0 bridgehead atoms. The molecule has 3 heterocycles. The predicted molar refractivity (Wildman–Crippen MR) is 100 cm³/mol. The van der Waals surface area contributed by atoms with E-state index in [1.165, 1.54) is 27.8 Å². The number of aromatic nitrogens is 4. The number of aryl methyl sites for hydroxylation is 1. The summed E-state index contributed by atoms with van der Waals surface area (Å²) in [5.74, 6) is -0.909. The first-order chi connectivity index (χ1) is 13.1. The van der Waals surface area contributed by atoms with E-state index in [1.807, 2.05) is 18.3 Å². The fraction of sp³-hybridized carbons (Fsp3) is 0.158. The van der Waals surface area contributed by atoms with Crippen LogP contribution in [0.15, 0.2) is 55.0 Å². The molecule has 8 nitrogen and oxygen atoms in total. The van der Waals surface area contributed by atoms with Gasteiger partial charge in [0.05, 0.1) is 6.20 Å². The molecular formula is C19H18N6O2. The summed E-state index contributed by atoms with van der Waals surface area (Å²) in [6.07, 6.45) is 5.61.